The first-order valence-electron chi connectivity index (χ1n) is 13.0. The normalized spacial score (nSPS) is 23.7. The first-order chi connectivity index (χ1) is 17.1. The van der Waals surface area contributed by atoms with Crippen molar-refractivity contribution in [2.75, 3.05) is 13.2 Å². The molecular formula is C25H45N4O5PSSi. The van der Waals surface area contributed by atoms with Crippen LogP contribution >= 0.6 is 20.3 Å². The van der Waals surface area contributed by atoms with E-state index in [-0.39, 0.29) is 40.4 Å². The Hall–Kier alpha value is -0.993. The Bertz CT molecular complexity index is 1030. The summed E-state index contributed by atoms with van der Waals surface area (Å²) in [4.78, 5) is 30.5. The van der Waals surface area contributed by atoms with Crippen LogP contribution in [0.15, 0.2) is 21.9 Å². The Kier molecular flexibility index (Phi) is 11.7. The molecule has 1 N–H and O–H groups in total. The van der Waals surface area contributed by atoms with Crippen LogP contribution in [0.2, 0.25) is 18.1 Å². The van der Waals surface area contributed by atoms with Crippen molar-refractivity contribution < 1.29 is 13.5 Å². The lowest BCUT2D eigenvalue weighted by Gasteiger charge is -2.42. The fourth-order valence-corrected chi connectivity index (χ4v) is 8.88. The van der Waals surface area contributed by atoms with E-state index in [1.807, 2.05) is 0 Å². The Labute approximate surface area is 228 Å². The van der Waals surface area contributed by atoms with Gasteiger partial charge in [0.25, 0.3) is 14.1 Å². The smallest absolute Gasteiger partial charge is 0.329 e. The molecule has 0 radical (unpaired) electrons. The van der Waals surface area contributed by atoms with Crippen molar-refractivity contribution in [3.63, 3.8) is 0 Å². The highest BCUT2D eigenvalue weighted by molar-refractivity contribution is 8.00. The Morgan fingerprint density at radius 2 is 1.84 bits per heavy atom. The van der Waals surface area contributed by atoms with Crippen LogP contribution in [0, 0.1) is 6.57 Å². The van der Waals surface area contributed by atoms with E-state index in [2.05, 4.69) is 83.0 Å². The molecule has 0 amide bonds. The minimum absolute atomic E-state index is 0.0498. The summed E-state index contributed by atoms with van der Waals surface area (Å²) in [7, 11) is -3.77. The summed E-state index contributed by atoms with van der Waals surface area (Å²) in [5, 5.41) is -0.361. The second-order valence-electron chi connectivity index (χ2n) is 11.4. The summed E-state index contributed by atoms with van der Waals surface area (Å²) in [5.41, 5.74) is -0.877. The molecule has 0 saturated carbocycles. The summed E-state index contributed by atoms with van der Waals surface area (Å²) >= 11 is 1.65. The van der Waals surface area contributed by atoms with Gasteiger partial charge in [-0.15, -0.1) is 11.8 Å². The standard InChI is InChI=1S/C25H45N4O5PSSi/c1-12-19-21(33-35(32-16-14-26-9)29(17(2)3)18(4)5)22(34-37(10,11)25(6,7)8)23(36-19)28-15-13-20(30)27-24(28)31/h13,15,17-19,21-23H,12,14,16H2,1-8,10-11H3,(H,27,30,31)/t19-,21-,22-,23-,35?/m1/s1. The van der Waals surface area contributed by atoms with E-state index < -0.39 is 34.2 Å². The molecule has 2 heterocycles. The maximum Gasteiger partial charge on any atom is 0.329 e. The van der Waals surface area contributed by atoms with Crippen molar-refractivity contribution in [2.24, 2.45) is 0 Å². The fourth-order valence-electron chi connectivity index (χ4n) is 4.05. The number of H-pyrrole nitrogens is 1. The van der Waals surface area contributed by atoms with Crippen LogP contribution in [0.5, 0.6) is 0 Å². The van der Waals surface area contributed by atoms with E-state index in [4.69, 9.17) is 20.0 Å². The molecule has 12 heteroatoms. The van der Waals surface area contributed by atoms with E-state index in [0.717, 1.165) is 6.42 Å². The SMILES string of the molecule is [C-]#[N+]CCOP(O[C@H]1[C@@H](O[Si](C)(C)C(C)(C)C)[C@H](n2ccc(=O)[nH]c2=O)S[C@@H]1CC)N(C(C)C)C(C)C. The first kappa shape index (κ1) is 32.2. The first-order valence-corrected chi connectivity index (χ1v) is 18.0. The van der Waals surface area contributed by atoms with Gasteiger partial charge in [0.15, 0.2) is 8.32 Å². The molecule has 0 aromatic carbocycles. The molecule has 1 aromatic heterocycles. The molecule has 210 valence electrons. The van der Waals surface area contributed by atoms with Crippen LogP contribution in [0.3, 0.4) is 0 Å². The number of nitrogens with one attached hydrogen (secondary N) is 1. The fraction of sp³-hybridized carbons (Fsp3) is 0.800. The third-order valence-electron chi connectivity index (χ3n) is 6.91. The van der Waals surface area contributed by atoms with E-state index >= 15 is 0 Å². The predicted octanol–water partition coefficient (Wildman–Crippen LogP) is 5.62. The van der Waals surface area contributed by atoms with E-state index in [0.29, 0.717) is 6.61 Å². The lowest BCUT2D eigenvalue weighted by Crippen LogP contribution is -2.50. The number of hydrogen-bond donors (Lipinski definition) is 1. The second-order valence-corrected chi connectivity index (χ2v) is 18.9. The van der Waals surface area contributed by atoms with Gasteiger partial charge in [-0.25, -0.2) is 16.0 Å². The molecule has 1 unspecified atom stereocenters. The van der Waals surface area contributed by atoms with Gasteiger partial charge in [-0.3, -0.25) is 14.3 Å². The van der Waals surface area contributed by atoms with Gasteiger partial charge in [-0.05, 0) is 52.2 Å². The molecule has 1 fully saturated rings. The van der Waals surface area contributed by atoms with Crippen LogP contribution in [-0.4, -0.2) is 65.2 Å². The third kappa shape index (κ3) is 8.01. The van der Waals surface area contributed by atoms with E-state index in [1.165, 1.54) is 6.07 Å². The number of hydrogen-bond acceptors (Lipinski definition) is 7. The van der Waals surface area contributed by atoms with Gasteiger partial charge >= 0.3 is 5.69 Å². The number of thioether (sulfide) groups is 1. The molecule has 1 saturated heterocycles. The van der Waals surface area contributed by atoms with Crippen molar-refractivity contribution in [1.29, 1.82) is 0 Å². The highest BCUT2D eigenvalue weighted by Crippen LogP contribution is 2.55. The second kappa shape index (κ2) is 13.4. The van der Waals surface area contributed by atoms with Crippen molar-refractivity contribution in [2.45, 2.75) is 115 Å². The van der Waals surface area contributed by atoms with Crippen LogP contribution in [0.4, 0.5) is 0 Å². The summed E-state index contributed by atoms with van der Waals surface area (Å²) in [5.74, 6) is 0. The molecule has 5 atom stereocenters. The zero-order chi connectivity index (χ0) is 28.1. The van der Waals surface area contributed by atoms with Crippen molar-refractivity contribution in [3.05, 3.63) is 44.5 Å². The average Bonchev–Trinajstić information content (AvgIpc) is 3.09. The zero-order valence-corrected chi connectivity index (χ0v) is 26.7. The van der Waals surface area contributed by atoms with Gasteiger partial charge in [0.1, 0.15) is 24.2 Å². The van der Waals surface area contributed by atoms with E-state index in [1.54, 1.807) is 22.5 Å². The molecule has 0 spiro atoms. The molecule has 0 bridgehead atoms. The molecule has 9 nitrogen and oxygen atoms in total. The molecule has 1 aromatic rings. The number of aromatic amines is 1. The molecule has 37 heavy (non-hydrogen) atoms. The maximum atomic E-state index is 12.9. The molecular weight excluding hydrogens is 527 g/mol. The van der Waals surface area contributed by atoms with Gasteiger partial charge in [-0.2, -0.15) is 0 Å². The van der Waals surface area contributed by atoms with Crippen molar-refractivity contribution in [3.8, 4) is 0 Å². The molecule has 2 rings (SSSR count). The average molecular weight is 573 g/mol. The minimum Gasteiger partial charge on any atom is -0.408 e. The Balaban J connectivity index is 2.58. The monoisotopic (exact) mass is 572 g/mol. The van der Waals surface area contributed by atoms with E-state index in [9.17, 15) is 9.59 Å². The Morgan fingerprint density at radius 3 is 2.32 bits per heavy atom. The van der Waals surface area contributed by atoms with Gasteiger partial charge in [-0.1, -0.05) is 27.7 Å². The third-order valence-corrected chi connectivity index (χ3v) is 15.2. The highest BCUT2D eigenvalue weighted by atomic mass is 32.2. The number of nitrogens with zero attached hydrogens (tertiary/aromatic N) is 3. The lowest BCUT2D eigenvalue weighted by atomic mass is 10.1. The van der Waals surface area contributed by atoms with Crippen LogP contribution < -0.4 is 11.2 Å². The van der Waals surface area contributed by atoms with Crippen LogP contribution in [-0.2, 0) is 13.5 Å². The van der Waals surface area contributed by atoms with Crippen LogP contribution in [0.25, 0.3) is 4.85 Å². The quantitative estimate of drug-likeness (QED) is 0.151. The van der Waals surface area contributed by atoms with Gasteiger partial charge in [0.2, 0.25) is 6.54 Å². The number of aromatic nitrogens is 2. The summed E-state index contributed by atoms with van der Waals surface area (Å²) in [6, 6.07) is 1.72. The predicted molar refractivity (Wildman–Crippen MR) is 155 cm³/mol. The van der Waals surface area contributed by atoms with Gasteiger partial charge < -0.3 is 18.3 Å². The van der Waals surface area contributed by atoms with Crippen molar-refractivity contribution >= 4 is 28.6 Å². The highest BCUT2D eigenvalue weighted by Gasteiger charge is 2.52. The minimum atomic E-state index is -2.28. The summed E-state index contributed by atoms with van der Waals surface area (Å²) < 4.78 is 23.9. The lowest BCUT2D eigenvalue weighted by molar-refractivity contribution is 0.0274. The van der Waals surface area contributed by atoms with Gasteiger partial charge in [0, 0.05) is 29.6 Å². The topological polar surface area (TPSA) is 90.1 Å². The molecule has 0 aliphatic carbocycles. The molecule has 1 aliphatic heterocycles. The maximum absolute atomic E-state index is 12.9. The largest absolute Gasteiger partial charge is 0.408 e. The number of rotatable bonds is 12. The van der Waals surface area contributed by atoms with Crippen LogP contribution in [0.1, 0.15) is 67.2 Å². The summed E-state index contributed by atoms with van der Waals surface area (Å²) in [6.45, 7) is 29.3. The molecule has 1 aliphatic rings. The zero-order valence-electron chi connectivity index (χ0n) is 24.0. The summed E-state index contributed by atoms with van der Waals surface area (Å²) in [6.07, 6.45) is 1.61. The van der Waals surface area contributed by atoms with Gasteiger partial charge in [0.05, 0.1) is 0 Å². The Morgan fingerprint density at radius 1 is 1.22 bits per heavy atom. The van der Waals surface area contributed by atoms with Crippen molar-refractivity contribution in [1.82, 2.24) is 14.2 Å².